The Bertz CT molecular complexity index is 1170. The van der Waals surface area contributed by atoms with Gasteiger partial charge >= 0.3 is 0 Å². The quantitative estimate of drug-likeness (QED) is 0.227. The Morgan fingerprint density at radius 2 is 1.87 bits per heavy atom. The fourth-order valence-electron chi connectivity index (χ4n) is 3.07. The summed E-state index contributed by atoms with van der Waals surface area (Å²) in [6.45, 7) is 3.76. The first-order valence-corrected chi connectivity index (χ1v) is 10.8. The van der Waals surface area contributed by atoms with Gasteiger partial charge in [-0.05, 0) is 25.5 Å². The van der Waals surface area contributed by atoms with Crippen molar-refractivity contribution in [3.63, 3.8) is 0 Å². The molecule has 4 rings (SSSR count). The van der Waals surface area contributed by atoms with Crippen LogP contribution in [0, 0.1) is 0 Å². The lowest BCUT2D eigenvalue weighted by atomic mass is 10.2. The predicted molar refractivity (Wildman–Crippen MR) is 116 cm³/mol. The van der Waals surface area contributed by atoms with Gasteiger partial charge in [-0.25, -0.2) is 4.98 Å². The minimum atomic E-state index is -0.0462. The Morgan fingerprint density at radius 3 is 2.70 bits per heavy atom. The number of rotatable bonds is 9. The molecular formula is C22H22N4O3S. The third-order valence-corrected chi connectivity index (χ3v) is 5.49. The van der Waals surface area contributed by atoms with E-state index < -0.39 is 0 Å². The number of hydrogen-bond donors (Lipinski definition) is 0. The second kappa shape index (κ2) is 9.69. The van der Waals surface area contributed by atoms with Crippen LogP contribution in [-0.4, -0.2) is 32.9 Å². The van der Waals surface area contributed by atoms with Crippen LogP contribution in [0.3, 0.4) is 0 Å². The molecule has 0 amide bonds. The number of benzene rings is 2. The lowest BCUT2D eigenvalue weighted by Gasteiger charge is -2.12. The van der Waals surface area contributed by atoms with Gasteiger partial charge < -0.3 is 9.26 Å². The van der Waals surface area contributed by atoms with Crippen LogP contribution in [0.2, 0.25) is 0 Å². The maximum Gasteiger partial charge on any atom is 0.262 e. The van der Waals surface area contributed by atoms with Gasteiger partial charge in [-0.2, -0.15) is 4.98 Å². The first-order chi connectivity index (χ1) is 14.8. The van der Waals surface area contributed by atoms with Gasteiger partial charge in [0.15, 0.2) is 5.16 Å². The van der Waals surface area contributed by atoms with Crippen molar-refractivity contribution in [2.45, 2.75) is 30.8 Å². The fraction of sp³-hybridized carbons (Fsp3) is 0.273. The highest BCUT2D eigenvalue weighted by atomic mass is 32.2. The number of aromatic nitrogens is 4. The minimum absolute atomic E-state index is 0.0462. The summed E-state index contributed by atoms with van der Waals surface area (Å²) in [5.74, 6) is 1.46. The van der Waals surface area contributed by atoms with Crippen LogP contribution < -0.4 is 5.56 Å². The van der Waals surface area contributed by atoms with Crippen molar-refractivity contribution in [1.29, 1.82) is 0 Å². The normalized spacial score (nSPS) is 11.2. The van der Waals surface area contributed by atoms with Crippen LogP contribution in [0.25, 0.3) is 22.3 Å². The molecule has 30 heavy (non-hydrogen) atoms. The number of ether oxygens (including phenoxy) is 1. The molecule has 0 N–H and O–H groups in total. The molecule has 4 aromatic rings. The minimum Gasteiger partial charge on any atom is -0.382 e. The lowest BCUT2D eigenvalue weighted by molar-refractivity contribution is 0.140. The smallest absolute Gasteiger partial charge is 0.262 e. The molecule has 2 aromatic carbocycles. The number of fused-ring (bicyclic) bond motifs is 1. The average molecular weight is 423 g/mol. The van der Waals surface area contributed by atoms with Crippen LogP contribution >= 0.6 is 11.8 Å². The van der Waals surface area contributed by atoms with Gasteiger partial charge in [0, 0.05) is 25.3 Å². The van der Waals surface area contributed by atoms with Gasteiger partial charge in [0.1, 0.15) is 0 Å². The topological polar surface area (TPSA) is 83.0 Å². The van der Waals surface area contributed by atoms with Crippen LogP contribution in [0.15, 0.2) is 69.1 Å². The van der Waals surface area contributed by atoms with E-state index in [0.717, 1.165) is 12.0 Å². The summed E-state index contributed by atoms with van der Waals surface area (Å²) in [5, 5.41) is 5.30. The van der Waals surface area contributed by atoms with E-state index in [9.17, 15) is 4.79 Å². The van der Waals surface area contributed by atoms with Crippen molar-refractivity contribution in [2.24, 2.45) is 0 Å². The maximum absolute atomic E-state index is 13.0. The Labute approximate surface area is 178 Å². The molecule has 0 aliphatic heterocycles. The van der Waals surface area contributed by atoms with Crippen molar-refractivity contribution < 1.29 is 9.26 Å². The summed E-state index contributed by atoms with van der Waals surface area (Å²) in [7, 11) is 0. The molecule has 8 heteroatoms. The van der Waals surface area contributed by atoms with E-state index in [4.69, 9.17) is 14.2 Å². The van der Waals surface area contributed by atoms with Crippen molar-refractivity contribution >= 4 is 22.7 Å². The first kappa shape index (κ1) is 20.3. The fourth-order valence-corrected chi connectivity index (χ4v) is 3.93. The van der Waals surface area contributed by atoms with Crippen LogP contribution in [-0.2, 0) is 17.0 Å². The third kappa shape index (κ3) is 4.60. The zero-order valence-electron chi connectivity index (χ0n) is 16.7. The van der Waals surface area contributed by atoms with Crippen molar-refractivity contribution in [3.05, 3.63) is 70.8 Å². The standard InChI is InChI=1S/C22H22N4O3S/c1-2-28-14-8-13-26-21(27)17-11-6-7-12-18(17)23-22(26)30-15-19-24-20(25-29-19)16-9-4-3-5-10-16/h3-7,9-12H,2,8,13-15H2,1H3. The van der Waals surface area contributed by atoms with Crippen molar-refractivity contribution in [3.8, 4) is 11.4 Å². The number of hydrogen-bond acceptors (Lipinski definition) is 7. The molecule has 154 valence electrons. The van der Waals surface area contributed by atoms with Gasteiger partial charge in [0.25, 0.3) is 5.56 Å². The van der Waals surface area contributed by atoms with Crippen LogP contribution in [0.5, 0.6) is 0 Å². The first-order valence-electron chi connectivity index (χ1n) is 9.84. The molecule has 0 fully saturated rings. The van der Waals surface area contributed by atoms with Crippen LogP contribution in [0.1, 0.15) is 19.2 Å². The van der Waals surface area contributed by atoms with Gasteiger partial charge in [0.2, 0.25) is 11.7 Å². The van der Waals surface area contributed by atoms with Crippen LogP contribution in [0.4, 0.5) is 0 Å². The molecule has 0 radical (unpaired) electrons. The highest BCUT2D eigenvalue weighted by Gasteiger charge is 2.14. The van der Waals surface area contributed by atoms with E-state index in [2.05, 4.69) is 10.1 Å². The summed E-state index contributed by atoms with van der Waals surface area (Å²) in [5.41, 5.74) is 1.53. The lowest BCUT2D eigenvalue weighted by Crippen LogP contribution is -2.24. The molecule has 0 aliphatic carbocycles. The summed E-state index contributed by atoms with van der Waals surface area (Å²) >= 11 is 1.42. The monoisotopic (exact) mass is 422 g/mol. The molecule has 0 spiro atoms. The molecule has 2 aromatic heterocycles. The van der Waals surface area contributed by atoms with Crippen molar-refractivity contribution in [1.82, 2.24) is 19.7 Å². The van der Waals surface area contributed by atoms with E-state index >= 15 is 0 Å². The van der Waals surface area contributed by atoms with E-state index in [-0.39, 0.29) is 5.56 Å². The Balaban J connectivity index is 1.56. The summed E-state index contributed by atoms with van der Waals surface area (Å²) in [6.07, 6.45) is 0.736. The molecule has 0 bridgehead atoms. The number of thioether (sulfide) groups is 1. The highest BCUT2D eigenvalue weighted by Crippen LogP contribution is 2.23. The SMILES string of the molecule is CCOCCCn1c(SCc2nc(-c3ccccc3)no2)nc2ccccc2c1=O. The Morgan fingerprint density at radius 1 is 1.07 bits per heavy atom. The van der Waals surface area contributed by atoms with E-state index in [1.54, 1.807) is 4.57 Å². The molecule has 0 saturated carbocycles. The number of nitrogens with zero attached hydrogens (tertiary/aromatic N) is 4. The third-order valence-electron chi connectivity index (χ3n) is 4.53. The number of para-hydroxylation sites is 1. The second-order valence-electron chi connectivity index (χ2n) is 6.59. The maximum atomic E-state index is 13.0. The van der Waals surface area contributed by atoms with E-state index in [1.807, 2.05) is 61.5 Å². The average Bonchev–Trinajstić information content (AvgIpc) is 3.26. The summed E-state index contributed by atoms with van der Waals surface area (Å²) < 4.78 is 12.5. The zero-order chi connectivity index (χ0) is 20.8. The largest absolute Gasteiger partial charge is 0.382 e. The molecule has 2 heterocycles. The molecule has 0 unspecified atom stereocenters. The molecule has 0 saturated heterocycles. The molecule has 7 nitrogen and oxygen atoms in total. The van der Waals surface area contributed by atoms with Gasteiger partial charge in [-0.3, -0.25) is 9.36 Å². The zero-order valence-corrected chi connectivity index (χ0v) is 17.5. The van der Waals surface area contributed by atoms with Gasteiger partial charge in [-0.1, -0.05) is 59.4 Å². The summed E-state index contributed by atoms with van der Waals surface area (Å²) in [6, 6.07) is 17.1. The molecule has 0 aliphatic rings. The molecule has 0 atom stereocenters. The Kier molecular flexibility index (Phi) is 6.56. The second-order valence-corrected chi connectivity index (χ2v) is 7.53. The van der Waals surface area contributed by atoms with E-state index in [1.165, 1.54) is 11.8 Å². The Hall–Kier alpha value is -2.97. The predicted octanol–water partition coefficient (Wildman–Crippen LogP) is 4.17. The molecular weight excluding hydrogens is 400 g/mol. The van der Waals surface area contributed by atoms with E-state index in [0.29, 0.717) is 53.3 Å². The summed E-state index contributed by atoms with van der Waals surface area (Å²) in [4.78, 5) is 22.2. The highest BCUT2D eigenvalue weighted by molar-refractivity contribution is 7.98. The van der Waals surface area contributed by atoms with Gasteiger partial charge in [0.05, 0.1) is 16.7 Å². The van der Waals surface area contributed by atoms with Crippen molar-refractivity contribution in [2.75, 3.05) is 13.2 Å². The van der Waals surface area contributed by atoms with Gasteiger partial charge in [-0.15, -0.1) is 0 Å².